The van der Waals surface area contributed by atoms with E-state index in [1.54, 1.807) is 0 Å². The van der Waals surface area contributed by atoms with Gasteiger partial charge in [0.25, 0.3) is 0 Å². The summed E-state index contributed by atoms with van der Waals surface area (Å²) in [6.45, 7) is 0. The summed E-state index contributed by atoms with van der Waals surface area (Å²) >= 11 is 0. The topological polar surface area (TPSA) is 46.5 Å². The number of hydrogen-bond acceptors (Lipinski definition) is 3. The predicted octanol–water partition coefficient (Wildman–Crippen LogP) is 5.12. The third-order valence-electron chi connectivity index (χ3n) is 5.46. The minimum absolute atomic E-state index is 0.0107. The standard InChI is InChI=1S/C24H15BO3/c26-25-19-5-3-7-23-24(19)18-13-15(9-11-22(18)28-23)14-8-10-21-17(12-14)16-4-1-2-6-20(16)27-21/h1-13,25-26H. The zero-order chi connectivity index (χ0) is 18.7. The van der Waals surface area contributed by atoms with E-state index in [0.717, 1.165) is 60.5 Å². The fraction of sp³-hybridized carbons (Fsp3) is 0. The highest BCUT2D eigenvalue weighted by atomic mass is 16.3. The van der Waals surface area contributed by atoms with Gasteiger partial charge in [-0.1, -0.05) is 42.5 Å². The van der Waals surface area contributed by atoms with Gasteiger partial charge >= 0.3 is 7.48 Å². The number of benzene rings is 4. The Hall–Kier alpha value is -3.50. The van der Waals surface area contributed by atoms with Gasteiger partial charge in [0, 0.05) is 21.5 Å². The largest absolute Gasteiger partial charge is 0.456 e. The first-order chi connectivity index (χ1) is 13.8. The normalized spacial score (nSPS) is 11.8. The fourth-order valence-corrected chi connectivity index (χ4v) is 4.12. The van der Waals surface area contributed by atoms with Gasteiger partial charge in [0.2, 0.25) is 0 Å². The fourth-order valence-electron chi connectivity index (χ4n) is 4.12. The Balaban J connectivity index is 1.61. The van der Waals surface area contributed by atoms with Crippen LogP contribution in [0.5, 0.6) is 0 Å². The van der Waals surface area contributed by atoms with Crippen LogP contribution in [0.4, 0.5) is 0 Å². The number of para-hydroxylation sites is 1. The lowest BCUT2D eigenvalue weighted by molar-refractivity contribution is 0.615. The van der Waals surface area contributed by atoms with Crippen molar-refractivity contribution in [3.05, 3.63) is 78.9 Å². The maximum Gasteiger partial charge on any atom is 0.305 e. The number of rotatable bonds is 2. The molecule has 0 amide bonds. The molecular weight excluding hydrogens is 347 g/mol. The van der Waals surface area contributed by atoms with Gasteiger partial charge in [0.1, 0.15) is 22.3 Å². The van der Waals surface area contributed by atoms with Crippen molar-refractivity contribution in [1.82, 2.24) is 0 Å². The molecule has 1 N–H and O–H groups in total. The quantitative estimate of drug-likeness (QED) is 0.435. The van der Waals surface area contributed by atoms with E-state index in [4.69, 9.17) is 8.83 Å². The van der Waals surface area contributed by atoms with Gasteiger partial charge in [-0.15, -0.1) is 0 Å². The van der Waals surface area contributed by atoms with Crippen LogP contribution in [-0.4, -0.2) is 12.5 Å². The molecule has 2 aromatic heterocycles. The summed E-state index contributed by atoms with van der Waals surface area (Å²) in [4.78, 5) is 0. The number of fused-ring (bicyclic) bond motifs is 6. The van der Waals surface area contributed by atoms with Crippen LogP contribution in [0.3, 0.4) is 0 Å². The Bertz CT molecular complexity index is 1510. The Morgan fingerprint density at radius 3 is 2.04 bits per heavy atom. The molecule has 0 unspecified atom stereocenters. The Morgan fingerprint density at radius 1 is 0.571 bits per heavy atom. The molecule has 0 bridgehead atoms. The summed E-state index contributed by atoms with van der Waals surface area (Å²) in [7, 11) is -0.0107. The highest BCUT2D eigenvalue weighted by molar-refractivity contribution is 6.51. The lowest BCUT2D eigenvalue weighted by Gasteiger charge is -2.03. The van der Waals surface area contributed by atoms with Gasteiger partial charge in [-0.2, -0.15) is 0 Å². The van der Waals surface area contributed by atoms with E-state index in [0.29, 0.717) is 0 Å². The van der Waals surface area contributed by atoms with E-state index in [2.05, 4.69) is 30.3 Å². The predicted molar refractivity (Wildman–Crippen MR) is 115 cm³/mol. The molecule has 3 nitrogen and oxygen atoms in total. The molecule has 132 valence electrons. The Labute approximate surface area is 161 Å². The second-order valence-corrected chi connectivity index (χ2v) is 7.07. The zero-order valence-corrected chi connectivity index (χ0v) is 15.0. The highest BCUT2D eigenvalue weighted by Gasteiger charge is 2.13. The summed E-state index contributed by atoms with van der Waals surface area (Å²) < 4.78 is 11.9. The zero-order valence-electron chi connectivity index (χ0n) is 15.0. The first-order valence-corrected chi connectivity index (χ1v) is 9.28. The molecular formula is C24H15BO3. The summed E-state index contributed by atoms with van der Waals surface area (Å²) in [6, 6.07) is 26.4. The van der Waals surface area contributed by atoms with Crippen molar-refractivity contribution in [2.45, 2.75) is 0 Å². The maximum atomic E-state index is 9.74. The SMILES string of the molecule is OBc1cccc2oc3ccc(-c4ccc5oc6ccccc6c5c4)cc3c12. The van der Waals surface area contributed by atoms with E-state index in [9.17, 15) is 5.02 Å². The minimum Gasteiger partial charge on any atom is -0.456 e. The minimum atomic E-state index is -0.0107. The molecule has 0 saturated carbocycles. The van der Waals surface area contributed by atoms with Crippen LogP contribution in [-0.2, 0) is 0 Å². The Morgan fingerprint density at radius 2 is 1.21 bits per heavy atom. The summed E-state index contributed by atoms with van der Waals surface area (Å²) in [5.41, 5.74) is 6.53. The molecule has 0 aliphatic rings. The van der Waals surface area contributed by atoms with Crippen LogP contribution in [0.25, 0.3) is 55.0 Å². The lowest BCUT2D eigenvalue weighted by atomic mass is 9.84. The molecule has 6 aromatic rings. The number of furan rings is 2. The van der Waals surface area contributed by atoms with Crippen LogP contribution < -0.4 is 5.46 Å². The van der Waals surface area contributed by atoms with Gasteiger partial charge in [-0.25, -0.2) is 0 Å². The second-order valence-electron chi connectivity index (χ2n) is 7.07. The van der Waals surface area contributed by atoms with Crippen molar-refractivity contribution in [2.24, 2.45) is 0 Å². The molecule has 0 aliphatic carbocycles. The van der Waals surface area contributed by atoms with E-state index < -0.39 is 0 Å². The molecule has 0 aliphatic heterocycles. The lowest BCUT2D eigenvalue weighted by Crippen LogP contribution is -2.13. The van der Waals surface area contributed by atoms with Crippen molar-refractivity contribution in [3.8, 4) is 11.1 Å². The van der Waals surface area contributed by atoms with Crippen molar-refractivity contribution >= 4 is 56.8 Å². The van der Waals surface area contributed by atoms with Gasteiger partial charge in [0.05, 0.1) is 0 Å². The smallest absolute Gasteiger partial charge is 0.305 e. The van der Waals surface area contributed by atoms with Crippen molar-refractivity contribution in [3.63, 3.8) is 0 Å². The molecule has 0 atom stereocenters. The third-order valence-corrected chi connectivity index (χ3v) is 5.46. The van der Waals surface area contributed by atoms with E-state index >= 15 is 0 Å². The van der Waals surface area contributed by atoms with Crippen LogP contribution in [0.15, 0.2) is 87.7 Å². The van der Waals surface area contributed by atoms with Crippen LogP contribution in [0.1, 0.15) is 0 Å². The molecule has 2 heterocycles. The van der Waals surface area contributed by atoms with Gasteiger partial charge in [0.15, 0.2) is 0 Å². The number of hydrogen-bond donors (Lipinski definition) is 1. The van der Waals surface area contributed by atoms with E-state index in [1.165, 1.54) is 0 Å². The van der Waals surface area contributed by atoms with E-state index in [1.807, 2.05) is 48.5 Å². The molecule has 28 heavy (non-hydrogen) atoms. The van der Waals surface area contributed by atoms with Crippen LogP contribution >= 0.6 is 0 Å². The molecule has 6 rings (SSSR count). The summed E-state index contributed by atoms with van der Waals surface area (Å²) in [5, 5.41) is 14.0. The summed E-state index contributed by atoms with van der Waals surface area (Å²) in [6.07, 6.45) is 0. The molecule has 0 saturated heterocycles. The Kier molecular flexibility index (Phi) is 3.19. The van der Waals surface area contributed by atoms with Crippen molar-refractivity contribution in [2.75, 3.05) is 0 Å². The highest BCUT2D eigenvalue weighted by Crippen LogP contribution is 2.35. The van der Waals surface area contributed by atoms with Crippen molar-refractivity contribution < 1.29 is 13.9 Å². The van der Waals surface area contributed by atoms with E-state index in [-0.39, 0.29) is 7.48 Å². The van der Waals surface area contributed by atoms with Crippen LogP contribution in [0, 0.1) is 0 Å². The average Bonchev–Trinajstić information content (AvgIpc) is 3.30. The second kappa shape index (κ2) is 5.75. The third kappa shape index (κ3) is 2.15. The first kappa shape index (κ1) is 15.6. The maximum absolute atomic E-state index is 9.74. The van der Waals surface area contributed by atoms with Crippen molar-refractivity contribution in [1.29, 1.82) is 0 Å². The molecule has 0 fully saturated rings. The first-order valence-electron chi connectivity index (χ1n) is 9.28. The van der Waals surface area contributed by atoms with Gasteiger partial charge in [-0.3, -0.25) is 0 Å². The molecule has 0 radical (unpaired) electrons. The molecule has 4 aromatic carbocycles. The molecule has 4 heteroatoms. The monoisotopic (exact) mass is 362 g/mol. The average molecular weight is 362 g/mol. The summed E-state index contributed by atoms with van der Waals surface area (Å²) in [5.74, 6) is 0. The van der Waals surface area contributed by atoms with Gasteiger partial charge in [-0.05, 0) is 53.0 Å². The molecule has 0 spiro atoms. The van der Waals surface area contributed by atoms with Gasteiger partial charge < -0.3 is 13.9 Å². The van der Waals surface area contributed by atoms with Crippen LogP contribution in [0.2, 0.25) is 0 Å².